The zero-order chi connectivity index (χ0) is 22.3. The van der Waals surface area contributed by atoms with Gasteiger partial charge in [0.25, 0.3) is 0 Å². The molecule has 0 saturated carbocycles. The van der Waals surface area contributed by atoms with Crippen molar-refractivity contribution in [1.82, 2.24) is 10.2 Å². The number of carbonyl (C=O) groups excluding carboxylic acids is 1. The van der Waals surface area contributed by atoms with Crippen molar-refractivity contribution in [2.45, 2.75) is 33.0 Å². The molecule has 0 bridgehead atoms. The summed E-state index contributed by atoms with van der Waals surface area (Å²) in [6, 6.07) is 9.19. The molecular weight excluding hydrogens is 384 g/mol. The van der Waals surface area contributed by atoms with Gasteiger partial charge in [-0.1, -0.05) is 6.07 Å². The molecule has 1 N–H and O–H groups in total. The molecule has 0 unspecified atom stereocenters. The van der Waals surface area contributed by atoms with Crippen molar-refractivity contribution in [2.24, 2.45) is 0 Å². The van der Waals surface area contributed by atoms with Crippen molar-refractivity contribution >= 4 is 5.91 Å². The van der Waals surface area contributed by atoms with Crippen molar-refractivity contribution in [3.8, 4) is 23.0 Å². The van der Waals surface area contributed by atoms with E-state index in [0.717, 1.165) is 16.7 Å². The van der Waals surface area contributed by atoms with E-state index >= 15 is 0 Å². The number of carbonyl (C=O) groups is 1. The molecule has 30 heavy (non-hydrogen) atoms. The third-order valence-electron chi connectivity index (χ3n) is 5.22. The van der Waals surface area contributed by atoms with Crippen LogP contribution in [0.4, 0.5) is 0 Å². The second-order valence-electron chi connectivity index (χ2n) is 7.13. The molecule has 0 fully saturated rings. The zero-order valence-corrected chi connectivity index (χ0v) is 18.9. The van der Waals surface area contributed by atoms with Crippen molar-refractivity contribution in [1.29, 1.82) is 0 Å². The Labute approximate surface area is 178 Å². The lowest BCUT2D eigenvalue weighted by Gasteiger charge is -2.25. The topological polar surface area (TPSA) is 69.3 Å². The molecular formula is C23H32N2O5. The van der Waals surface area contributed by atoms with E-state index in [1.54, 1.807) is 28.4 Å². The molecule has 2 aromatic rings. The fourth-order valence-corrected chi connectivity index (χ4v) is 3.13. The van der Waals surface area contributed by atoms with Crippen LogP contribution in [0.2, 0.25) is 0 Å². The van der Waals surface area contributed by atoms with Gasteiger partial charge in [0.05, 0.1) is 34.5 Å². The van der Waals surface area contributed by atoms with Crippen LogP contribution in [0, 0.1) is 6.92 Å². The van der Waals surface area contributed by atoms with Gasteiger partial charge in [-0.05, 0) is 61.9 Å². The van der Waals surface area contributed by atoms with Crippen LogP contribution >= 0.6 is 0 Å². The number of amides is 1. The molecule has 164 valence electrons. The highest BCUT2D eigenvalue weighted by Gasteiger charge is 2.20. The number of likely N-dealkylation sites (N-methyl/N-ethyl adjacent to an activating group) is 1. The first-order valence-corrected chi connectivity index (χ1v) is 9.74. The molecule has 1 atom stereocenters. The molecule has 2 aromatic carbocycles. The van der Waals surface area contributed by atoms with Gasteiger partial charge in [0.1, 0.15) is 0 Å². The van der Waals surface area contributed by atoms with Gasteiger partial charge < -0.3 is 24.3 Å². The number of nitrogens with one attached hydrogen (secondary N) is 1. The summed E-state index contributed by atoms with van der Waals surface area (Å²) < 4.78 is 21.3. The Bertz CT molecular complexity index is 869. The van der Waals surface area contributed by atoms with Crippen molar-refractivity contribution < 1.29 is 23.7 Å². The lowest BCUT2D eigenvalue weighted by molar-refractivity contribution is -0.125. The molecule has 0 spiro atoms. The van der Waals surface area contributed by atoms with Gasteiger partial charge in [-0.2, -0.15) is 0 Å². The molecule has 0 heterocycles. The first kappa shape index (κ1) is 23.3. The first-order chi connectivity index (χ1) is 14.3. The maximum absolute atomic E-state index is 12.7. The predicted molar refractivity (Wildman–Crippen MR) is 117 cm³/mol. The Hall–Kier alpha value is -2.93. The van der Waals surface area contributed by atoms with E-state index in [4.69, 9.17) is 18.9 Å². The number of hydrogen-bond donors (Lipinski definition) is 1. The number of benzene rings is 2. The second kappa shape index (κ2) is 10.7. The van der Waals surface area contributed by atoms with Crippen LogP contribution in [0.25, 0.3) is 0 Å². The lowest BCUT2D eigenvalue weighted by Crippen LogP contribution is -2.42. The summed E-state index contributed by atoms with van der Waals surface area (Å²) in [4.78, 5) is 14.7. The fraction of sp³-hybridized carbons (Fsp3) is 0.435. The molecule has 2 rings (SSSR count). The van der Waals surface area contributed by atoms with Crippen molar-refractivity contribution in [2.75, 3.05) is 35.5 Å². The number of ether oxygens (including phenoxy) is 4. The van der Waals surface area contributed by atoms with E-state index in [1.165, 1.54) is 0 Å². The molecule has 0 aliphatic heterocycles. The third kappa shape index (κ3) is 5.57. The van der Waals surface area contributed by atoms with Crippen LogP contribution in [0.3, 0.4) is 0 Å². The molecule has 0 aliphatic rings. The number of hydrogen-bond acceptors (Lipinski definition) is 6. The fourth-order valence-electron chi connectivity index (χ4n) is 3.13. The van der Waals surface area contributed by atoms with Crippen LogP contribution in [-0.2, 0) is 17.9 Å². The van der Waals surface area contributed by atoms with E-state index in [9.17, 15) is 4.79 Å². The smallest absolute Gasteiger partial charge is 0.237 e. The standard InChI is InChI=1S/C23H32N2O5/c1-15-10-20(28-5)22(30-7)12-18(15)14-25(3)16(2)23(26)24-13-17-8-9-19(27-4)21(11-17)29-6/h8-12,16H,13-14H2,1-7H3,(H,24,26)/t16-/m1/s1. The van der Waals surface area contributed by atoms with E-state index in [2.05, 4.69) is 5.32 Å². The molecule has 7 heteroatoms. The molecule has 1 amide bonds. The van der Waals surface area contributed by atoms with Crippen LogP contribution in [0.5, 0.6) is 23.0 Å². The zero-order valence-electron chi connectivity index (χ0n) is 18.9. The highest BCUT2D eigenvalue weighted by molar-refractivity contribution is 5.81. The molecule has 0 aliphatic carbocycles. The summed E-state index contributed by atoms with van der Waals surface area (Å²) in [6.45, 7) is 4.93. The predicted octanol–water partition coefficient (Wildman–Crippen LogP) is 3.17. The third-order valence-corrected chi connectivity index (χ3v) is 5.22. The summed E-state index contributed by atoms with van der Waals surface area (Å²) in [6.07, 6.45) is 0. The molecule has 0 aromatic heterocycles. The van der Waals surface area contributed by atoms with E-state index < -0.39 is 0 Å². The Kier molecular flexibility index (Phi) is 8.35. The van der Waals surface area contributed by atoms with E-state index in [1.807, 2.05) is 56.1 Å². The summed E-state index contributed by atoms with van der Waals surface area (Å²) in [5.41, 5.74) is 3.10. The number of aryl methyl sites for hydroxylation is 1. The lowest BCUT2D eigenvalue weighted by atomic mass is 10.1. The van der Waals surface area contributed by atoms with Gasteiger partial charge in [-0.25, -0.2) is 0 Å². The minimum atomic E-state index is -0.308. The quantitative estimate of drug-likeness (QED) is 0.642. The summed E-state index contributed by atoms with van der Waals surface area (Å²) in [5, 5.41) is 2.99. The summed E-state index contributed by atoms with van der Waals surface area (Å²) >= 11 is 0. The van der Waals surface area contributed by atoms with Gasteiger partial charge in [0.15, 0.2) is 23.0 Å². The molecule has 7 nitrogen and oxygen atoms in total. The first-order valence-electron chi connectivity index (χ1n) is 9.74. The monoisotopic (exact) mass is 416 g/mol. The van der Waals surface area contributed by atoms with Crippen molar-refractivity contribution in [3.63, 3.8) is 0 Å². The minimum Gasteiger partial charge on any atom is -0.493 e. The number of methoxy groups -OCH3 is 4. The van der Waals surface area contributed by atoms with Gasteiger partial charge >= 0.3 is 0 Å². The Morgan fingerprint density at radius 2 is 1.50 bits per heavy atom. The van der Waals surface area contributed by atoms with Crippen molar-refractivity contribution in [3.05, 3.63) is 47.0 Å². The molecule has 0 radical (unpaired) electrons. The average molecular weight is 417 g/mol. The second-order valence-corrected chi connectivity index (χ2v) is 7.13. The largest absolute Gasteiger partial charge is 0.493 e. The van der Waals surface area contributed by atoms with Gasteiger partial charge in [0, 0.05) is 13.1 Å². The highest BCUT2D eigenvalue weighted by Crippen LogP contribution is 2.31. The van der Waals surface area contributed by atoms with Gasteiger partial charge in [0.2, 0.25) is 5.91 Å². The maximum atomic E-state index is 12.7. The van der Waals surface area contributed by atoms with Crippen LogP contribution in [-0.4, -0.2) is 52.3 Å². The minimum absolute atomic E-state index is 0.0505. The van der Waals surface area contributed by atoms with Crippen LogP contribution in [0.1, 0.15) is 23.6 Å². The number of rotatable bonds is 10. The molecule has 0 saturated heterocycles. The van der Waals surface area contributed by atoms with Crippen LogP contribution < -0.4 is 24.3 Å². The maximum Gasteiger partial charge on any atom is 0.237 e. The van der Waals surface area contributed by atoms with Crippen LogP contribution in [0.15, 0.2) is 30.3 Å². The van der Waals surface area contributed by atoms with Gasteiger partial charge in [-0.15, -0.1) is 0 Å². The van der Waals surface area contributed by atoms with Gasteiger partial charge in [-0.3, -0.25) is 9.69 Å². The van der Waals surface area contributed by atoms with E-state index in [-0.39, 0.29) is 11.9 Å². The van der Waals surface area contributed by atoms with E-state index in [0.29, 0.717) is 36.1 Å². The summed E-state index contributed by atoms with van der Waals surface area (Å²) in [5.74, 6) is 2.62. The Balaban J connectivity index is 2.01. The Morgan fingerprint density at radius 3 is 2.10 bits per heavy atom. The SMILES string of the molecule is COc1ccc(CNC(=O)[C@@H](C)N(C)Cc2cc(OC)c(OC)cc2C)cc1OC. The Morgan fingerprint density at radius 1 is 0.933 bits per heavy atom. The average Bonchev–Trinajstić information content (AvgIpc) is 2.77. The summed E-state index contributed by atoms with van der Waals surface area (Å²) in [7, 11) is 8.35. The number of nitrogens with zero attached hydrogens (tertiary/aromatic N) is 1. The highest BCUT2D eigenvalue weighted by atomic mass is 16.5. The normalized spacial score (nSPS) is 11.7.